The van der Waals surface area contributed by atoms with Gasteiger partial charge in [0.05, 0.1) is 13.0 Å². The fourth-order valence-electron chi connectivity index (χ4n) is 2.16. The lowest BCUT2D eigenvalue weighted by Gasteiger charge is -2.23. The first-order chi connectivity index (χ1) is 10.1. The second-order valence-electron chi connectivity index (χ2n) is 4.80. The molecule has 6 heteroatoms. The Balaban J connectivity index is 1.84. The Labute approximate surface area is 138 Å². The van der Waals surface area contributed by atoms with Gasteiger partial charge in [0.25, 0.3) is 0 Å². The minimum atomic E-state index is -0.180. The van der Waals surface area contributed by atoms with E-state index in [0.717, 1.165) is 23.0 Å². The Morgan fingerprint density at radius 1 is 1.29 bits per heavy atom. The molecule has 0 aliphatic heterocycles. The number of carbonyl (C=O) groups excluding carboxylic acids is 1. The zero-order chi connectivity index (χ0) is 15.2. The third kappa shape index (κ3) is 4.82. The van der Waals surface area contributed by atoms with Crippen molar-refractivity contribution in [2.24, 2.45) is 5.92 Å². The van der Waals surface area contributed by atoms with E-state index in [-0.39, 0.29) is 17.9 Å². The van der Waals surface area contributed by atoms with Gasteiger partial charge in [0.1, 0.15) is 0 Å². The molecule has 1 aromatic carbocycles. The Morgan fingerprint density at radius 3 is 2.57 bits per heavy atom. The molecule has 0 aromatic heterocycles. The molecule has 0 bridgehead atoms. The highest BCUT2D eigenvalue weighted by atomic mass is 79.9. The highest BCUT2D eigenvalue weighted by Crippen LogP contribution is 2.19. The molecule has 1 aliphatic rings. The predicted molar refractivity (Wildman–Crippen MR) is 91.2 cm³/mol. The number of esters is 1. The van der Waals surface area contributed by atoms with Crippen LogP contribution in [0.3, 0.4) is 0 Å². The third-order valence-corrected chi connectivity index (χ3v) is 4.04. The highest BCUT2D eigenvalue weighted by Gasteiger charge is 2.22. The zero-order valence-electron chi connectivity index (χ0n) is 11.6. The third-order valence-electron chi connectivity index (χ3n) is 3.29. The van der Waals surface area contributed by atoms with Crippen LogP contribution in [0.5, 0.6) is 0 Å². The van der Waals surface area contributed by atoms with Crippen LogP contribution in [0.1, 0.15) is 12.8 Å². The number of methoxy groups -OCH3 is 1. The smallest absolute Gasteiger partial charge is 0.312 e. The summed E-state index contributed by atoms with van der Waals surface area (Å²) in [5, 5.41) is 6.94. The Kier molecular flexibility index (Phi) is 5.76. The van der Waals surface area contributed by atoms with Crippen LogP contribution in [0.4, 0.5) is 5.69 Å². The van der Waals surface area contributed by atoms with Crippen LogP contribution in [0.2, 0.25) is 0 Å². The fourth-order valence-corrected chi connectivity index (χ4v) is 2.69. The molecular formula is C15H17BrN2O2S. The van der Waals surface area contributed by atoms with E-state index in [1.54, 1.807) is 0 Å². The number of halogens is 1. The van der Waals surface area contributed by atoms with Crippen molar-refractivity contribution < 1.29 is 9.53 Å². The number of hydrogen-bond acceptors (Lipinski definition) is 3. The molecule has 0 fully saturated rings. The van der Waals surface area contributed by atoms with Gasteiger partial charge in [0, 0.05) is 16.2 Å². The molecule has 1 aromatic rings. The molecule has 4 nitrogen and oxygen atoms in total. The minimum absolute atomic E-state index is 0.138. The average molecular weight is 369 g/mol. The van der Waals surface area contributed by atoms with Crippen molar-refractivity contribution in [2.45, 2.75) is 18.9 Å². The molecule has 0 heterocycles. The number of ether oxygens (including phenoxy) is 1. The second-order valence-corrected chi connectivity index (χ2v) is 6.13. The lowest BCUT2D eigenvalue weighted by atomic mass is 9.93. The van der Waals surface area contributed by atoms with Crippen molar-refractivity contribution in [3.63, 3.8) is 0 Å². The highest BCUT2D eigenvalue weighted by molar-refractivity contribution is 9.10. The van der Waals surface area contributed by atoms with E-state index in [2.05, 4.69) is 26.6 Å². The van der Waals surface area contributed by atoms with Gasteiger partial charge in [-0.1, -0.05) is 28.1 Å². The average Bonchev–Trinajstić information content (AvgIpc) is 2.49. The summed E-state index contributed by atoms with van der Waals surface area (Å²) in [4.78, 5) is 11.4. The van der Waals surface area contributed by atoms with Gasteiger partial charge in [-0.05, 0) is 49.3 Å². The van der Waals surface area contributed by atoms with Crippen LogP contribution in [0.15, 0.2) is 40.9 Å². The second kappa shape index (κ2) is 7.56. The molecule has 0 saturated heterocycles. The van der Waals surface area contributed by atoms with E-state index >= 15 is 0 Å². The van der Waals surface area contributed by atoms with Gasteiger partial charge in [0.15, 0.2) is 5.11 Å². The fraction of sp³-hybridized carbons (Fsp3) is 0.333. The lowest BCUT2D eigenvalue weighted by molar-refractivity contribution is -0.144. The van der Waals surface area contributed by atoms with Gasteiger partial charge in [-0.25, -0.2) is 0 Å². The van der Waals surface area contributed by atoms with E-state index in [1.807, 2.05) is 36.4 Å². The monoisotopic (exact) mass is 368 g/mol. The number of thiocarbonyl (C=S) groups is 1. The summed E-state index contributed by atoms with van der Waals surface area (Å²) in [6.45, 7) is 0. The van der Waals surface area contributed by atoms with E-state index in [4.69, 9.17) is 17.0 Å². The molecule has 2 rings (SSSR count). The van der Waals surface area contributed by atoms with Crippen molar-refractivity contribution >= 4 is 44.9 Å². The van der Waals surface area contributed by atoms with Crippen LogP contribution >= 0.6 is 28.1 Å². The maximum absolute atomic E-state index is 11.4. The molecule has 1 aliphatic carbocycles. The summed E-state index contributed by atoms with van der Waals surface area (Å²) in [5.74, 6) is -0.318. The van der Waals surface area contributed by atoms with Crippen LogP contribution in [0, 0.1) is 5.92 Å². The van der Waals surface area contributed by atoms with Gasteiger partial charge in [-0.15, -0.1) is 0 Å². The van der Waals surface area contributed by atoms with Gasteiger partial charge >= 0.3 is 5.97 Å². The maximum atomic E-state index is 11.4. The maximum Gasteiger partial charge on any atom is 0.312 e. The normalized spacial score (nSPS) is 20.7. The summed E-state index contributed by atoms with van der Waals surface area (Å²) >= 11 is 8.69. The predicted octanol–water partition coefficient (Wildman–Crippen LogP) is 3.24. The van der Waals surface area contributed by atoms with Crippen LogP contribution in [-0.2, 0) is 9.53 Å². The van der Waals surface area contributed by atoms with Crippen LogP contribution < -0.4 is 10.6 Å². The number of carbonyl (C=O) groups is 1. The summed E-state index contributed by atoms with van der Waals surface area (Å²) in [7, 11) is 1.41. The van der Waals surface area contributed by atoms with Crippen LogP contribution in [0.25, 0.3) is 0 Å². The van der Waals surface area contributed by atoms with E-state index in [9.17, 15) is 4.79 Å². The number of nitrogens with one attached hydrogen (secondary N) is 2. The lowest BCUT2D eigenvalue weighted by Crippen LogP contribution is -2.38. The quantitative estimate of drug-likeness (QED) is 0.487. The molecular weight excluding hydrogens is 352 g/mol. The van der Waals surface area contributed by atoms with E-state index in [1.165, 1.54) is 7.11 Å². The number of anilines is 1. The SMILES string of the molecule is COC(=O)[C@@H]1C=C[C@H](NC(=S)Nc2ccc(Br)cc2)CC1. The molecule has 0 unspecified atom stereocenters. The van der Waals surface area contributed by atoms with E-state index in [0.29, 0.717) is 5.11 Å². The summed E-state index contributed by atoms with van der Waals surface area (Å²) in [6, 6.07) is 7.93. The van der Waals surface area contributed by atoms with Crippen LogP contribution in [-0.4, -0.2) is 24.2 Å². The molecule has 21 heavy (non-hydrogen) atoms. The van der Waals surface area contributed by atoms with Crippen molar-refractivity contribution in [3.8, 4) is 0 Å². The van der Waals surface area contributed by atoms with Crippen molar-refractivity contribution in [2.75, 3.05) is 12.4 Å². The summed E-state index contributed by atoms with van der Waals surface area (Å²) in [6.07, 6.45) is 5.47. The Bertz CT molecular complexity index is 545. The molecule has 2 atom stereocenters. The van der Waals surface area contributed by atoms with Crippen molar-refractivity contribution in [1.29, 1.82) is 0 Å². The Morgan fingerprint density at radius 2 is 2.00 bits per heavy atom. The van der Waals surface area contributed by atoms with Crippen molar-refractivity contribution in [3.05, 3.63) is 40.9 Å². The van der Waals surface area contributed by atoms with E-state index < -0.39 is 0 Å². The first-order valence-corrected chi connectivity index (χ1v) is 7.88. The standard InChI is InChI=1S/C15H17BrN2O2S/c1-20-14(19)10-2-6-12(7-3-10)17-15(21)18-13-8-4-11(16)5-9-13/h2,4-6,8-10,12H,3,7H2,1H3,(H2,17,18,21)/t10-,12+/m1/s1. The summed E-state index contributed by atoms with van der Waals surface area (Å²) in [5.41, 5.74) is 0.933. The van der Waals surface area contributed by atoms with Crippen molar-refractivity contribution in [1.82, 2.24) is 5.32 Å². The molecule has 112 valence electrons. The minimum Gasteiger partial charge on any atom is -0.469 e. The van der Waals surface area contributed by atoms with Gasteiger partial charge in [-0.3, -0.25) is 4.79 Å². The topological polar surface area (TPSA) is 50.4 Å². The number of hydrogen-bond donors (Lipinski definition) is 2. The van der Waals surface area contributed by atoms with Gasteiger partial charge < -0.3 is 15.4 Å². The largest absolute Gasteiger partial charge is 0.469 e. The first-order valence-electron chi connectivity index (χ1n) is 6.67. The summed E-state index contributed by atoms with van der Waals surface area (Å²) < 4.78 is 5.77. The Hall–Kier alpha value is -1.40. The number of benzene rings is 1. The zero-order valence-corrected chi connectivity index (χ0v) is 14.0. The van der Waals surface area contributed by atoms with Gasteiger partial charge in [-0.2, -0.15) is 0 Å². The molecule has 0 radical (unpaired) electrons. The molecule has 2 N–H and O–H groups in total. The first kappa shape index (κ1) is 16.0. The number of rotatable bonds is 3. The molecule has 0 saturated carbocycles. The molecule has 0 amide bonds. The molecule has 0 spiro atoms. The van der Waals surface area contributed by atoms with Gasteiger partial charge in [0.2, 0.25) is 0 Å².